The summed E-state index contributed by atoms with van der Waals surface area (Å²) < 4.78 is 0. The molecule has 1 heteroatoms. The molecule has 3 aromatic rings. The minimum absolute atomic E-state index is 1.20. The molecule has 0 bridgehead atoms. The van der Waals surface area contributed by atoms with Crippen LogP contribution < -0.4 is 4.90 Å². The van der Waals surface area contributed by atoms with E-state index in [9.17, 15) is 0 Å². The molecule has 3 rings (SSSR count). The van der Waals surface area contributed by atoms with Crippen LogP contribution in [-0.2, 0) is 0 Å². The van der Waals surface area contributed by atoms with Gasteiger partial charge in [-0.15, -0.1) is 0 Å². The van der Waals surface area contributed by atoms with Crippen molar-refractivity contribution < 1.29 is 0 Å². The van der Waals surface area contributed by atoms with Crippen LogP contribution in [0.2, 0.25) is 0 Å². The van der Waals surface area contributed by atoms with Crippen molar-refractivity contribution in [1.29, 1.82) is 0 Å². The van der Waals surface area contributed by atoms with Gasteiger partial charge in [-0.1, -0.05) is 91.0 Å². The molecule has 0 radical (unpaired) electrons. The second kappa shape index (κ2) is 8.16. The maximum absolute atomic E-state index is 2.18. The summed E-state index contributed by atoms with van der Waals surface area (Å²) in [7, 11) is 4.11. The van der Waals surface area contributed by atoms with E-state index in [2.05, 4.69) is 116 Å². The number of hydrogen-bond donors (Lipinski definition) is 0. The number of anilines is 1. The Labute approximate surface area is 150 Å². The monoisotopic (exact) mass is 325 g/mol. The van der Waals surface area contributed by atoms with Gasteiger partial charge >= 0.3 is 0 Å². The van der Waals surface area contributed by atoms with Crippen molar-refractivity contribution in [3.63, 3.8) is 0 Å². The summed E-state index contributed by atoms with van der Waals surface area (Å²) >= 11 is 0. The van der Waals surface area contributed by atoms with E-state index in [1.165, 1.54) is 27.9 Å². The predicted octanol–water partition coefficient (Wildman–Crippen LogP) is 6.09. The van der Waals surface area contributed by atoms with Crippen LogP contribution in [0.15, 0.2) is 78.9 Å². The lowest BCUT2D eigenvalue weighted by Gasteiger charge is -2.11. The quantitative estimate of drug-likeness (QED) is 0.513. The van der Waals surface area contributed by atoms with Gasteiger partial charge in [0, 0.05) is 19.8 Å². The average molecular weight is 325 g/mol. The Morgan fingerprint density at radius 2 is 1.00 bits per heavy atom. The summed E-state index contributed by atoms with van der Waals surface area (Å²) in [5.74, 6) is 0. The van der Waals surface area contributed by atoms with Crippen LogP contribution in [0.4, 0.5) is 5.69 Å². The second-order valence-corrected chi connectivity index (χ2v) is 6.19. The molecule has 0 aliphatic rings. The molecule has 0 aliphatic carbocycles. The van der Waals surface area contributed by atoms with Crippen LogP contribution in [0.25, 0.3) is 24.3 Å². The fourth-order valence-electron chi connectivity index (χ4n) is 2.63. The van der Waals surface area contributed by atoms with Gasteiger partial charge in [0.15, 0.2) is 0 Å². The summed E-state index contributed by atoms with van der Waals surface area (Å²) in [6.45, 7) is 0. The molecule has 0 spiro atoms. The highest BCUT2D eigenvalue weighted by Crippen LogP contribution is 2.18. The topological polar surface area (TPSA) is 3.24 Å². The van der Waals surface area contributed by atoms with Gasteiger partial charge in [0.1, 0.15) is 0 Å². The van der Waals surface area contributed by atoms with Crippen molar-refractivity contribution in [2.75, 3.05) is 19.0 Å². The molecule has 0 heterocycles. The minimum Gasteiger partial charge on any atom is -0.378 e. The molecule has 0 saturated heterocycles. The third-order valence-electron chi connectivity index (χ3n) is 4.12. The van der Waals surface area contributed by atoms with Crippen molar-refractivity contribution in [3.8, 4) is 0 Å². The third-order valence-corrected chi connectivity index (χ3v) is 4.12. The first-order valence-electron chi connectivity index (χ1n) is 8.50. The normalized spacial score (nSPS) is 11.3. The molecule has 0 aromatic heterocycles. The van der Waals surface area contributed by atoms with E-state index in [4.69, 9.17) is 0 Å². The van der Waals surface area contributed by atoms with Crippen LogP contribution in [0, 0.1) is 0 Å². The van der Waals surface area contributed by atoms with Crippen molar-refractivity contribution in [1.82, 2.24) is 0 Å². The second-order valence-electron chi connectivity index (χ2n) is 6.19. The third kappa shape index (κ3) is 4.71. The van der Waals surface area contributed by atoms with Crippen LogP contribution in [0.5, 0.6) is 0 Å². The molecule has 25 heavy (non-hydrogen) atoms. The lowest BCUT2D eigenvalue weighted by molar-refractivity contribution is 1.13. The lowest BCUT2D eigenvalue weighted by atomic mass is 10.0. The maximum Gasteiger partial charge on any atom is 0.0361 e. The van der Waals surface area contributed by atoms with Crippen molar-refractivity contribution in [2.45, 2.75) is 0 Å². The largest absolute Gasteiger partial charge is 0.378 e. The van der Waals surface area contributed by atoms with Gasteiger partial charge in [0.2, 0.25) is 0 Å². The molecule has 0 atom stereocenters. The molecule has 0 aliphatic heterocycles. The molecule has 0 saturated carbocycles. The van der Waals surface area contributed by atoms with E-state index < -0.39 is 0 Å². The standard InChI is InChI=1S/C24H23N/c1-25(2)24-18-14-21(15-19-24)13-17-23-11-7-6-10-22(23)16-12-20-8-4-3-5-9-20/h3-19H,1-2H3/b16-12+,17-13+. The minimum atomic E-state index is 1.20. The van der Waals surface area contributed by atoms with Crippen LogP contribution in [0.3, 0.4) is 0 Å². The Bertz CT molecular complexity index is 856. The molecular weight excluding hydrogens is 302 g/mol. The highest BCUT2D eigenvalue weighted by molar-refractivity contribution is 5.79. The first-order chi connectivity index (χ1) is 12.2. The zero-order valence-corrected chi connectivity index (χ0v) is 14.8. The summed E-state index contributed by atoms with van der Waals surface area (Å²) in [5, 5.41) is 0. The molecule has 124 valence electrons. The zero-order chi connectivity index (χ0) is 17.5. The summed E-state index contributed by atoms with van der Waals surface area (Å²) in [6.07, 6.45) is 8.66. The maximum atomic E-state index is 2.18. The van der Waals surface area contributed by atoms with Gasteiger partial charge in [-0.25, -0.2) is 0 Å². The van der Waals surface area contributed by atoms with Gasteiger partial charge in [0.05, 0.1) is 0 Å². The zero-order valence-electron chi connectivity index (χ0n) is 14.8. The van der Waals surface area contributed by atoms with Crippen LogP contribution in [0.1, 0.15) is 22.3 Å². The number of hydrogen-bond acceptors (Lipinski definition) is 1. The molecule has 0 N–H and O–H groups in total. The SMILES string of the molecule is CN(C)c1ccc(/C=C/c2ccccc2/C=C/c2ccccc2)cc1. The number of rotatable bonds is 5. The Morgan fingerprint density at radius 1 is 0.520 bits per heavy atom. The number of benzene rings is 3. The Kier molecular flexibility index (Phi) is 5.48. The van der Waals surface area contributed by atoms with Gasteiger partial charge in [0.25, 0.3) is 0 Å². The molecule has 0 unspecified atom stereocenters. The smallest absolute Gasteiger partial charge is 0.0361 e. The predicted molar refractivity (Wildman–Crippen MR) is 112 cm³/mol. The molecular formula is C24H23N. The van der Waals surface area contributed by atoms with Gasteiger partial charge in [-0.05, 0) is 34.4 Å². The Morgan fingerprint density at radius 3 is 1.52 bits per heavy atom. The average Bonchev–Trinajstić information content (AvgIpc) is 2.66. The lowest BCUT2D eigenvalue weighted by Crippen LogP contribution is -2.07. The molecule has 0 amide bonds. The van der Waals surface area contributed by atoms with Gasteiger partial charge < -0.3 is 4.90 Å². The van der Waals surface area contributed by atoms with Crippen molar-refractivity contribution >= 4 is 30.0 Å². The van der Waals surface area contributed by atoms with E-state index in [1.807, 2.05) is 6.07 Å². The van der Waals surface area contributed by atoms with Gasteiger partial charge in [-0.3, -0.25) is 0 Å². The summed E-state index contributed by atoms with van der Waals surface area (Å²) in [4.78, 5) is 2.11. The number of nitrogens with zero attached hydrogens (tertiary/aromatic N) is 1. The fourth-order valence-corrected chi connectivity index (χ4v) is 2.63. The highest BCUT2D eigenvalue weighted by Gasteiger charge is 1.96. The summed E-state index contributed by atoms with van der Waals surface area (Å²) in [6, 6.07) is 27.4. The van der Waals surface area contributed by atoms with E-state index in [0.29, 0.717) is 0 Å². The fraction of sp³-hybridized carbons (Fsp3) is 0.0833. The van der Waals surface area contributed by atoms with Crippen molar-refractivity contribution in [2.24, 2.45) is 0 Å². The Balaban J connectivity index is 1.80. The summed E-state index contributed by atoms with van der Waals surface area (Å²) in [5.41, 5.74) is 6.05. The first kappa shape index (κ1) is 16.8. The van der Waals surface area contributed by atoms with Crippen molar-refractivity contribution in [3.05, 3.63) is 101 Å². The van der Waals surface area contributed by atoms with E-state index in [0.717, 1.165) is 0 Å². The molecule has 0 fully saturated rings. The van der Waals surface area contributed by atoms with Crippen LogP contribution in [-0.4, -0.2) is 14.1 Å². The first-order valence-corrected chi connectivity index (χ1v) is 8.50. The Hall–Kier alpha value is -3.06. The van der Waals surface area contributed by atoms with E-state index in [-0.39, 0.29) is 0 Å². The van der Waals surface area contributed by atoms with Gasteiger partial charge in [-0.2, -0.15) is 0 Å². The van der Waals surface area contributed by atoms with Crippen LogP contribution >= 0.6 is 0 Å². The molecule has 1 nitrogen and oxygen atoms in total. The van der Waals surface area contributed by atoms with E-state index in [1.54, 1.807) is 0 Å². The van der Waals surface area contributed by atoms with E-state index >= 15 is 0 Å². The highest BCUT2D eigenvalue weighted by atomic mass is 15.1. The molecule has 3 aromatic carbocycles.